The monoisotopic (exact) mass is 781 g/mol. The zero-order chi connectivity index (χ0) is 38.4. The molecule has 20 heteroatoms. The Hall–Kier alpha value is -6.24. The van der Waals surface area contributed by atoms with Crippen molar-refractivity contribution in [3.8, 4) is 5.75 Å². The van der Waals surface area contributed by atoms with Crippen molar-refractivity contribution < 1.29 is 43.8 Å². The Morgan fingerprint density at radius 2 is 1.45 bits per heavy atom. The third kappa shape index (κ3) is 9.36. The van der Waals surface area contributed by atoms with Gasteiger partial charge in [-0.15, -0.1) is 5.10 Å². The van der Waals surface area contributed by atoms with Crippen molar-refractivity contribution in [1.29, 1.82) is 0 Å². The molecule has 1 aromatic heterocycles. The van der Waals surface area contributed by atoms with Crippen LogP contribution in [0.15, 0.2) is 84.0 Å². The van der Waals surface area contributed by atoms with E-state index < -0.39 is 51.8 Å². The van der Waals surface area contributed by atoms with Crippen molar-refractivity contribution in [3.63, 3.8) is 0 Å². The molecule has 0 spiro atoms. The number of nitrogens with one attached hydrogen (secondary N) is 2. The summed E-state index contributed by atoms with van der Waals surface area (Å²) in [6, 6.07) is 18.2. The van der Waals surface area contributed by atoms with Crippen LogP contribution in [0, 0.1) is 17.0 Å². The summed E-state index contributed by atoms with van der Waals surface area (Å²) in [6.07, 6.45) is -3.66. The highest BCUT2D eigenvalue weighted by molar-refractivity contribution is 7.99. The maximum atomic E-state index is 13.6. The average molecular weight is 783 g/mol. The van der Waals surface area contributed by atoms with Crippen LogP contribution in [0.5, 0.6) is 5.75 Å². The number of aryl methyl sites for hydroxylation is 2. The van der Waals surface area contributed by atoms with Crippen molar-refractivity contribution in [2.45, 2.75) is 23.6 Å². The highest BCUT2D eigenvalue weighted by atomic mass is 35.5. The Kier molecular flexibility index (Phi) is 11.8. The van der Waals surface area contributed by atoms with Gasteiger partial charge >= 0.3 is 35.9 Å². The fraction of sp³-hybridized carbons (Fsp3) is 0.121. The van der Waals surface area contributed by atoms with E-state index in [4.69, 9.17) is 32.7 Å². The molecule has 0 saturated carbocycles. The van der Waals surface area contributed by atoms with E-state index in [1.165, 1.54) is 58.9 Å². The molecule has 5 aromatic rings. The first kappa shape index (κ1) is 38.0. The van der Waals surface area contributed by atoms with Crippen LogP contribution in [0.3, 0.4) is 0 Å². The molecule has 2 amide bonds. The van der Waals surface area contributed by atoms with Gasteiger partial charge in [0.1, 0.15) is 0 Å². The number of carbonyl (C=O) groups is 4. The molecule has 2 unspecified atom stereocenters. The summed E-state index contributed by atoms with van der Waals surface area (Å²) in [5, 5.41) is 46.9. The van der Waals surface area contributed by atoms with Crippen molar-refractivity contribution in [3.05, 3.63) is 127 Å². The van der Waals surface area contributed by atoms with Gasteiger partial charge in [-0.05, 0) is 70.9 Å². The topological polar surface area (TPSA) is 238 Å². The van der Waals surface area contributed by atoms with Gasteiger partial charge < -0.3 is 25.0 Å². The van der Waals surface area contributed by atoms with Gasteiger partial charge in [0, 0.05) is 13.1 Å². The van der Waals surface area contributed by atoms with Gasteiger partial charge in [0.05, 0.1) is 42.7 Å². The molecule has 272 valence electrons. The van der Waals surface area contributed by atoms with E-state index in [1.807, 2.05) is 31.2 Å². The number of hydrogen-bond donors (Lipinski definition) is 4. The minimum absolute atomic E-state index is 0.0875. The number of amides is 2. The minimum atomic E-state index is -2.28. The number of nitro benzene ring substituents is 1. The quantitative estimate of drug-likeness (QED) is 0.0426. The number of anilines is 2. The lowest BCUT2D eigenvalue weighted by molar-refractivity contribution is -0.386. The lowest BCUT2D eigenvalue weighted by Gasteiger charge is -2.21. The highest BCUT2D eigenvalue weighted by Gasteiger charge is 2.31. The number of halogens is 2. The van der Waals surface area contributed by atoms with Gasteiger partial charge in [-0.25, -0.2) is 19.1 Å². The number of nitro groups is 1. The fourth-order valence-corrected chi connectivity index (χ4v) is 6.01. The zero-order valence-electron chi connectivity index (χ0n) is 27.2. The Labute approximate surface area is 313 Å². The lowest BCUT2D eigenvalue weighted by Crippen LogP contribution is -2.38. The van der Waals surface area contributed by atoms with Crippen molar-refractivity contribution in [1.82, 2.24) is 20.2 Å². The summed E-state index contributed by atoms with van der Waals surface area (Å²) < 4.78 is 12.4. The number of thioether (sulfide) groups is 1. The number of carbonyl (C=O) groups excluding carboxylic acids is 2. The summed E-state index contributed by atoms with van der Waals surface area (Å²) >= 11 is 13.5. The predicted molar refractivity (Wildman–Crippen MR) is 191 cm³/mol. The van der Waals surface area contributed by atoms with Crippen LogP contribution in [0.1, 0.15) is 42.7 Å². The summed E-state index contributed by atoms with van der Waals surface area (Å²) in [5.74, 6) is -4.41. The summed E-state index contributed by atoms with van der Waals surface area (Å²) in [5.41, 5.74) is 0.624. The number of nitrogens with zero attached hydrogens (tertiary/aromatic N) is 5. The van der Waals surface area contributed by atoms with Crippen LogP contribution >= 0.6 is 35.0 Å². The third-order valence-corrected chi connectivity index (χ3v) is 9.25. The molecule has 53 heavy (non-hydrogen) atoms. The SMILES string of the molecule is Cc1ccc(C(Sc2nnnn2C)c2ccc(OC(OC(=O)Nc3cc(C(=O)O)ccc3Cl)C(=O)Nc3cc(C(=O)O)ccc3Cl)c([N+](=O)[O-])c2)cc1. The standard InChI is InChI=1S/C33H25Cl2N7O10S/c1-16-3-5-17(6-4-16)27(53-32-38-39-40-41(32)2)18-9-12-26(25(15-18)42(49)50)51-31(28(43)36-23-13-19(29(44)45)7-10-21(23)34)52-33(48)37-24-14-20(30(46)47)8-11-22(24)35/h3-15,27,31H,1-2H3,(H,36,43)(H,37,48)(H,44,45)(H,46,47). The largest absolute Gasteiger partial charge is 0.478 e. The first-order valence-electron chi connectivity index (χ1n) is 14.9. The van der Waals surface area contributed by atoms with E-state index >= 15 is 0 Å². The molecule has 2 atom stereocenters. The first-order chi connectivity index (χ1) is 25.2. The van der Waals surface area contributed by atoms with Crippen molar-refractivity contribution in [2.75, 3.05) is 10.6 Å². The molecule has 0 saturated heterocycles. The van der Waals surface area contributed by atoms with Crippen LogP contribution in [0.2, 0.25) is 10.0 Å². The second-order valence-corrected chi connectivity index (χ2v) is 12.8. The van der Waals surface area contributed by atoms with Gasteiger partial charge in [0.25, 0.3) is 0 Å². The maximum absolute atomic E-state index is 13.6. The van der Waals surface area contributed by atoms with Gasteiger partial charge in [-0.2, -0.15) is 0 Å². The van der Waals surface area contributed by atoms with Gasteiger partial charge in [0.2, 0.25) is 10.9 Å². The first-order valence-corrected chi connectivity index (χ1v) is 16.6. The molecular weight excluding hydrogens is 757 g/mol. The van der Waals surface area contributed by atoms with E-state index in [0.29, 0.717) is 10.7 Å². The van der Waals surface area contributed by atoms with Crippen molar-refractivity contribution in [2.24, 2.45) is 7.05 Å². The lowest BCUT2D eigenvalue weighted by atomic mass is 10.0. The van der Waals surface area contributed by atoms with Gasteiger partial charge in [0.15, 0.2) is 0 Å². The Morgan fingerprint density at radius 3 is 2.00 bits per heavy atom. The normalized spacial score (nSPS) is 11.9. The summed E-state index contributed by atoms with van der Waals surface area (Å²) in [7, 11) is 1.64. The second-order valence-electron chi connectivity index (χ2n) is 10.9. The van der Waals surface area contributed by atoms with E-state index in [2.05, 4.69) is 26.2 Å². The van der Waals surface area contributed by atoms with Crippen LogP contribution in [-0.2, 0) is 16.6 Å². The molecular formula is C33H25Cl2N7O10S. The molecule has 0 fully saturated rings. The molecule has 4 N–H and O–H groups in total. The molecule has 0 bridgehead atoms. The van der Waals surface area contributed by atoms with Crippen LogP contribution in [-0.4, -0.2) is 65.6 Å². The molecule has 0 aliphatic carbocycles. The predicted octanol–water partition coefficient (Wildman–Crippen LogP) is 6.60. The minimum Gasteiger partial charge on any atom is -0.478 e. The fourth-order valence-electron chi connectivity index (χ4n) is 4.62. The Bertz CT molecular complexity index is 2240. The molecule has 17 nitrogen and oxygen atoms in total. The number of tetrazole rings is 1. The smallest absolute Gasteiger partial charge is 0.415 e. The molecule has 0 radical (unpaired) electrons. The molecule has 4 aromatic carbocycles. The van der Waals surface area contributed by atoms with E-state index in [-0.39, 0.29) is 32.5 Å². The third-order valence-electron chi connectivity index (χ3n) is 7.25. The molecule has 1 heterocycles. The van der Waals surface area contributed by atoms with Gasteiger partial charge in [-0.3, -0.25) is 20.2 Å². The number of ether oxygens (including phenoxy) is 2. The molecule has 0 aliphatic rings. The van der Waals surface area contributed by atoms with E-state index in [9.17, 15) is 39.5 Å². The number of aromatic nitrogens is 4. The van der Waals surface area contributed by atoms with Gasteiger partial charge in [-0.1, -0.05) is 70.9 Å². The Balaban J connectivity index is 1.51. The number of benzene rings is 4. The average Bonchev–Trinajstić information content (AvgIpc) is 3.52. The number of hydrogen-bond acceptors (Lipinski definition) is 12. The number of carboxylic acid groups (broad SMARTS) is 2. The second kappa shape index (κ2) is 16.4. The number of aromatic carboxylic acids is 2. The zero-order valence-corrected chi connectivity index (χ0v) is 29.5. The van der Waals surface area contributed by atoms with Crippen LogP contribution in [0.25, 0.3) is 0 Å². The summed E-state index contributed by atoms with van der Waals surface area (Å²) in [4.78, 5) is 61.3. The molecule has 5 rings (SSSR count). The van der Waals surface area contributed by atoms with Crippen LogP contribution in [0.4, 0.5) is 21.9 Å². The number of rotatable bonds is 13. The van der Waals surface area contributed by atoms with E-state index in [0.717, 1.165) is 23.3 Å². The molecule has 0 aliphatic heterocycles. The van der Waals surface area contributed by atoms with E-state index in [1.54, 1.807) is 7.05 Å². The van der Waals surface area contributed by atoms with Crippen molar-refractivity contribution >= 4 is 76.0 Å². The number of carboxylic acids is 2. The van der Waals surface area contributed by atoms with Crippen LogP contribution < -0.4 is 15.4 Å². The Morgan fingerprint density at radius 1 is 0.868 bits per heavy atom. The maximum Gasteiger partial charge on any atom is 0.415 e. The summed E-state index contributed by atoms with van der Waals surface area (Å²) in [6.45, 7) is 1.91. The highest BCUT2D eigenvalue weighted by Crippen LogP contribution is 2.42.